The van der Waals surface area contributed by atoms with Crippen LogP contribution >= 0.6 is 0 Å². The van der Waals surface area contributed by atoms with Gasteiger partial charge in [0.15, 0.2) is 0 Å². The van der Waals surface area contributed by atoms with Gasteiger partial charge < -0.3 is 30.3 Å². The molecule has 3 N–H and O–H groups in total. The standard InChI is InChI=1S/C41H71N5O6/c1-14-27(7)37(45(12)41(51)35(25(3)4)43-40(50)36(26(5)6)44(10)11)33(52-13)24-34(47)46-23-19-22-32(46)31(15-2)28(8)39(49)42-29(9)38(48)30-20-17-16-18-21-30/h16-18,20-21,25-29,31-33,35-38,48H,14-15,19,22-24H2,1-13H3,(H,42,49)(H,43,50)/t27-,28+,29+,31+,32-,33+,35-,36-,37-,38+/m0/s1. The van der Waals surface area contributed by atoms with E-state index in [1.165, 1.54) is 0 Å². The van der Waals surface area contributed by atoms with E-state index in [-0.39, 0.29) is 71.7 Å². The number of amides is 4. The number of hydrogen-bond acceptors (Lipinski definition) is 7. The molecule has 1 fully saturated rings. The molecule has 0 aromatic heterocycles. The molecule has 0 spiro atoms. The molecule has 1 aliphatic heterocycles. The topological polar surface area (TPSA) is 132 Å². The first-order valence-corrected chi connectivity index (χ1v) is 19.5. The van der Waals surface area contributed by atoms with Gasteiger partial charge in [-0.15, -0.1) is 0 Å². The largest absolute Gasteiger partial charge is 0.386 e. The lowest BCUT2D eigenvalue weighted by molar-refractivity contribution is -0.147. The van der Waals surface area contributed by atoms with Gasteiger partial charge in [-0.3, -0.25) is 24.1 Å². The number of likely N-dealkylation sites (tertiary alicyclic amines) is 1. The van der Waals surface area contributed by atoms with Crippen LogP contribution in [0.4, 0.5) is 0 Å². The highest BCUT2D eigenvalue weighted by atomic mass is 16.5. The second-order valence-corrected chi connectivity index (χ2v) is 16.0. The number of carbonyl (C=O) groups excluding carboxylic acids is 4. The Kier molecular flexibility index (Phi) is 18.2. The van der Waals surface area contributed by atoms with Gasteiger partial charge in [-0.2, -0.15) is 0 Å². The van der Waals surface area contributed by atoms with Crippen molar-refractivity contribution >= 4 is 23.6 Å². The third-order valence-electron chi connectivity index (χ3n) is 11.4. The quantitative estimate of drug-likeness (QED) is 0.174. The van der Waals surface area contributed by atoms with Gasteiger partial charge in [-0.05, 0) is 63.1 Å². The number of aliphatic hydroxyl groups is 1. The average molecular weight is 730 g/mol. The van der Waals surface area contributed by atoms with Gasteiger partial charge in [0, 0.05) is 32.7 Å². The van der Waals surface area contributed by atoms with Gasteiger partial charge in [-0.1, -0.05) is 98.6 Å². The fourth-order valence-corrected chi connectivity index (χ4v) is 8.20. The SMILES string of the molecule is CC[C@H]([C@@H](C)C(=O)N[C@H](C)[C@@H](O)c1ccccc1)[C@@H]1CCCN1C(=O)C[C@@H](OC)[C@H]([C@@H](C)CC)N(C)C(=O)[C@@H](NC(=O)[C@H](C(C)C)N(C)C)C(C)C. The van der Waals surface area contributed by atoms with Crippen molar-refractivity contribution in [1.82, 2.24) is 25.3 Å². The van der Waals surface area contributed by atoms with Crippen molar-refractivity contribution in [2.75, 3.05) is 34.8 Å². The maximum absolute atomic E-state index is 14.2. The summed E-state index contributed by atoms with van der Waals surface area (Å²) in [7, 11) is 7.07. The summed E-state index contributed by atoms with van der Waals surface area (Å²) in [4.78, 5) is 60.9. The van der Waals surface area contributed by atoms with Crippen LogP contribution in [0.15, 0.2) is 30.3 Å². The fourth-order valence-electron chi connectivity index (χ4n) is 8.20. The van der Waals surface area contributed by atoms with Crippen LogP contribution in [0.3, 0.4) is 0 Å². The minimum absolute atomic E-state index is 0.00936. The Morgan fingerprint density at radius 2 is 1.52 bits per heavy atom. The van der Waals surface area contributed by atoms with Crippen LogP contribution < -0.4 is 10.6 Å². The summed E-state index contributed by atoms with van der Waals surface area (Å²) in [5, 5.41) is 16.9. The lowest BCUT2D eigenvalue weighted by Crippen LogP contribution is -2.59. The van der Waals surface area contributed by atoms with E-state index in [1.807, 2.05) is 88.8 Å². The number of aliphatic hydroxyl groups excluding tert-OH is 1. The minimum atomic E-state index is -0.835. The number of nitrogens with zero attached hydrogens (tertiary/aromatic N) is 3. The molecule has 1 aromatic rings. The summed E-state index contributed by atoms with van der Waals surface area (Å²) in [6.07, 6.45) is 1.80. The van der Waals surface area contributed by atoms with Crippen LogP contribution in [-0.2, 0) is 23.9 Å². The lowest BCUT2D eigenvalue weighted by Gasteiger charge is -2.41. The van der Waals surface area contributed by atoms with Crippen molar-refractivity contribution in [2.45, 2.75) is 137 Å². The van der Waals surface area contributed by atoms with E-state index in [0.29, 0.717) is 13.0 Å². The van der Waals surface area contributed by atoms with E-state index in [4.69, 9.17) is 4.74 Å². The van der Waals surface area contributed by atoms with Gasteiger partial charge in [-0.25, -0.2) is 0 Å². The van der Waals surface area contributed by atoms with Gasteiger partial charge >= 0.3 is 0 Å². The van der Waals surface area contributed by atoms with Crippen LogP contribution in [-0.4, -0.2) is 115 Å². The third kappa shape index (κ3) is 11.5. The molecule has 0 bridgehead atoms. The van der Waals surface area contributed by atoms with Crippen LogP contribution in [0, 0.1) is 29.6 Å². The Bertz CT molecular complexity index is 1270. The molecule has 11 nitrogen and oxygen atoms in total. The number of nitrogens with one attached hydrogen (secondary N) is 2. The van der Waals surface area contributed by atoms with Crippen LogP contribution in [0.5, 0.6) is 0 Å². The molecule has 52 heavy (non-hydrogen) atoms. The maximum atomic E-state index is 14.2. The summed E-state index contributed by atoms with van der Waals surface area (Å²) < 4.78 is 6.05. The summed E-state index contributed by atoms with van der Waals surface area (Å²) in [6, 6.07) is 7.17. The monoisotopic (exact) mass is 730 g/mol. The summed E-state index contributed by atoms with van der Waals surface area (Å²) >= 11 is 0. The Labute approximate surface area is 314 Å². The van der Waals surface area contributed by atoms with Gasteiger partial charge in [0.2, 0.25) is 23.6 Å². The number of benzene rings is 1. The fraction of sp³-hybridized carbons (Fsp3) is 0.756. The summed E-state index contributed by atoms with van der Waals surface area (Å²) in [5.74, 6) is -1.13. The van der Waals surface area contributed by atoms with E-state index in [1.54, 1.807) is 26.0 Å². The molecule has 2 rings (SSSR count). The summed E-state index contributed by atoms with van der Waals surface area (Å²) in [5.41, 5.74) is 0.742. The molecule has 0 radical (unpaired) electrons. The number of ether oxygens (including phenoxy) is 1. The first-order chi connectivity index (χ1) is 24.4. The molecule has 0 unspecified atom stereocenters. The molecule has 1 saturated heterocycles. The molecule has 1 heterocycles. The second kappa shape index (κ2) is 21.0. The van der Waals surface area contributed by atoms with Crippen molar-refractivity contribution in [1.29, 1.82) is 0 Å². The van der Waals surface area contributed by atoms with E-state index < -0.39 is 30.3 Å². The predicted octanol–water partition coefficient (Wildman–Crippen LogP) is 4.88. The zero-order valence-corrected chi connectivity index (χ0v) is 34.4. The zero-order chi connectivity index (χ0) is 39.4. The third-order valence-corrected chi connectivity index (χ3v) is 11.4. The Balaban J connectivity index is 2.25. The average Bonchev–Trinajstić information content (AvgIpc) is 3.59. The Morgan fingerprint density at radius 3 is 2.02 bits per heavy atom. The molecule has 11 heteroatoms. The number of carbonyl (C=O) groups is 4. The number of methoxy groups -OCH3 is 1. The van der Waals surface area contributed by atoms with Gasteiger partial charge in [0.25, 0.3) is 0 Å². The normalized spacial score (nSPS) is 20.1. The smallest absolute Gasteiger partial charge is 0.245 e. The first kappa shape index (κ1) is 45.1. The van der Waals surface area contributed by atoms with E-state index >= 15 is 0 Å². The predicted molar refractivity (Wildman–Crippen MR) is 207 cm³/mol. The van der Waals surface area contributed by atoms with Crippen molar-refractivity contribution in [3.05, 3.63) is 35.9 Å². The second-order valence-electron chi connectivity index (χ2n) is 16.0. The van der Waals surface area contributed by atoms with Crippen molar-refractivity contribution in [2.24, 2.45) is 29.6 Å². The van der Waals surface area contributed by atoms with Crippen LogP contribution in [0.1, 0.15) is 106 Å². The Morgan fingerprint density at radius 1 is 0.904 bits per heavy atom. The van der Waals surface area contributed by atoms with Crippen molar-refractivity contribution in [3.63, 3.8) is 0 Å². The number of hydrogen-bond donors (Lipinski definition) is 3. The van der Waals surface area contributed by atoms with Crippen LogP contribution in [0.25, 0.3) is 0 Å². The molecule has 296 valence electrons. The summed E-state index contributed by atoms with van der Waals surface area (Å²) in [6.45, 7) is 18.3. The van der Waals surface area contributed by atoms with E-state index in [9.17, 15) is 24.3 Å². The molecule has 1 aromatic carbocycles. The van der Waals surface area contributed by atoms with E-state index in [2.05, 4.69) is 31.4 Å². The number of likely N-dealkylation sites (N-methyl/N-ethyl adjacent to an activating group) is 2. The molecular formula is C41H71N5O6. The molecular weight excluding hydrogens is 658 g/mol. The van der Waals surface area contributed by atoms with Gasteiger partial charge in [0.05, 0.1) is 36.8 Å². The van der Waals surface area contributed by atoms with Gasteiger partial charge in [0.1, 0.15) is 6.04 Å². The highest BCUT2D eigenvalue weighted by molar-refractivity contribution is 5.90. The molecule has 10 atom stereocenters. The van der Waals surface area contributed by atoms with Crippen molar-refractivity contribution in [3.8, 4) is 0 Å². The Hall–Kier alpha value is -3.02. The molecule has 1 aliphatic rings. The minimum Gasteiger partial charge on any atom is -0.386 e. The maximum Gasteiger partial charge on any atom is 0.245 e. The van der Waals surface area contributed by atoms with Crippen molar-refractivity contribution < 1.29 is 29.0 Å². The highest BCUT2D eigenvalue weighted by Crippen LogP contribution is 2.33. The lowest BCUT2D eigenvalue weighted by atomic mass is 9.82. The van der Waals surface area contributed by atoms with E-state index in [0.717, 1.165) is 24.8 Å². The number of rotatable bonds is 20. The molecule has 4 amide bonds. The molecule has 0 saturated carbocycles. The molecule has 0 aliphatic carbocycles. The van der Waals surface area contributed by atoms with Crippen LogP contribution in [0.2, 0.25) is 0 Å². The highest BCUT2D eigenvalue weighted by Gasteiger charge is 2.42. The first-order valence-electron chi connectivity index (χ1n) is 19.5. The zero-order valence-electron chi connectivity index (χ0n) is 34.4.